The number of aromatic hydroxyl groups is 2. The number of fused-ring (bicyclic) bond motifs is 5. The number of aliphatic carboxylic acids is 1. The van der Waals surface area contributed by atoms with Crippen molar-refractivity contribution in [2.75, 3.05) is 0 Å². The number of esters is 2. The Morgan fingerprint density at radius 2 is 1.15 bits per heavy atom. The summed E-state index contributed by atoms with van der Waals surface area (Å²) in [6.45, 7) is 6.99. The molecule has 16 heteroatoms. The van der Waals surface area contributed by atoms with E-state index in [2.05, 4.69) is 41.2 Å². The average molecular weight is 985 g/mol. The molecule has 4 aromatic rings. The normalized spacial score (nSPS) is 27.1. The SMILES string of the molecule is CC(CCC(=O)O)C1CCC2C3C(CCC12C)C1(C)CCC(OC(=O)CCc2ccccc2/N=N/c2ccc(O)c(C(=O)O)c2)CC1C[C@@H]3OC(=O)CCc1ccccc1/N=N/c1ccc(O)c(C(=O)O)c1. The van der Waals surface area contributed by atoms with E-state index in [0.29, 0.717) is 55.3 Å². The van der Waals surface area contributed by atoms with E-state index in [1.54, 1.807) is 24.3 Å². The van der Waals surface area contributed by atoms with Gasteiger partial charge in [-0.05, 0) is 171 Å². The predicted molar refractivity (Wildman–Crippen MR) is 264 cm³/mol. The highest BCUT2D eigenvalue weighted by Crippen LogP contribution is 2.69. The van der Waals surface area contributed by atoms with Crippen LogP contribution in [0.25, 0.3) is 0 Å². The number of hydrogen-bond acceptors (Lipinski definition) is 13. The van der Waals surface area contributed by atoms with E-state index < -0.39 is 17.9 Å². The maximum Gasteiger partial charge on any atom is 0.339 e. The van der Waals surface area contributed by atoms with Crippen molar-refractivity contribution >= 4 is 52.6 Å². The van der Waals surface area contributed by atoms with E-state index in [4.69, 9.17) is 9.47 Å². The van der Waals surface area contributed by atoms with E-state index in [1.165, 1.54) is 36.4 Å². The molecule has 4 fully saturated rings. The molecule has 0 radical (unpaired) electrons. The molecule has 0 saturated heterocycles. The minimum atomic E-state index is -1.29. The van der Waals surface area contributed by atoms with Gasteiger partial charge in [-0.25, -0.2) is 9.59 Å². The first kappa shape index (κ1) is 51.4. The molecule has 4 aromatic carbocycles. The number of ether oxygens (including phenoxy) is 2. The van der Waals surface area contributed by atoms with Crippen LogP contribution in [0.2, 0.25) is 0 Å². The number of azo groups is 2. The second-order valence-electron chi connectivity index (χ2n) is 21.0. The molecular formula is C56H64N4O12. The Morgan fingerprint density at radius 1 is 0.625 bits per heavy atom. The monoisotopic (exact) mass is 984 g/mol. The molecule has 5 N–H and O–H groups in total. The van der Waals surface area contributed by atoms with Crippen LogP contribution in [0.4, 0.5) is 22.7 Å². The summed E-state index contributed by atoms with van der Waals surface area (Å²) in [5.41, 5.74) is 2.39. The lowest BCUT2D eigenvalue weighted by Crippen LogP contribution is -2.59. The predicted octanol–water partition coefficient (Wildman–Crippen LogP) is 12.5. The Morgan fingerprint density at radius 3 is 1.71 bits per heavy atom. The largest absolute Gasteiger partial charge is 0.507 e. The third-order valence-electron chi connectivity index (χ3n) is 16.9. The summed E-state index contributed by atoms with van der Waals surface area (Å²) in [4.78, 5) is 62.5. The molecule has 0 spiro atoms. The topological polar surface area (TPSA) is 254 Å². The zero-order valence-corrected chi connectivity index (χ0v) is 41.0. The van der Waals surface area contributed by atoms with Gasteiger partial charge in [-0.3, -0.25) is 14.4 Å². The Kier molecular flexibility index (Phi) is 15.6. The summed E-state index contributed by atoms with van der Waals surface area (Å²) in [6.07, 6.45) is 7.87. The third kappa shape index (κ3) is 11.2. The van der Waals surface area contributed by atoms with Crippen LogP contribution in [0, 0.1) is 46.3 Å². The molecule has 0 aromatic heterocycles. The van der Waals surface area contributed by atoms with E-state index in [1.807, 2.05) is 24.3 Å². The van der Waals surface area contributed by atoms with E-state index in [9.17, 15) is 49.5 Å². The summed E-state index contributed by atoms with van der Waals surface area (Å²) in [6, 6.07) is 22.5. The maximum absolute atomic E-state index is 14.2. The lowest BCUT2D eigenvalue weighted by Gasteiger charge is -2.62. The van der Waals surface area contributed by atoms with Crippen molar-refractivity contribution in [3.05, 3.63) is 107 Å². The standard InChI is InChI=1S/C56H64N4O12/c1-32(12-21-49(63)64)41-17-18-42-52-43(25-27-56(41,42)3)55(2)26-24-38(71-50(65)22-13-33-8-4-6-10-44(33)59-57-36-15-19-46(61)39(30-36)53(67)68)28-35(55)29-48(52)72-51(66)23-14-34-9-5-7-11-45(34)60-58-37-16-20-47(62)40(31-37)54(69)70/h4-11,15-16,19-20,30-32,35,38,41-43,48,52,61-62H,12-14,17-18,21-29H2,1-3H3,(H,63,64)(H,67,68)(H,69,70)/b59-57+,60-58+/t32?,35?,38?,41?,42?,43?,48-,52?,55?,56?/m0/s1. The van der Waals surface area contributed by atoms with Gasteiger partial charge in [0, 0.05) is 25.2 Å². The van der Waals surface area contributed by atoms with E-state index >= 15 is 0 Å². The van der Waals surface area contributed by atoms with Crippen LogP contribution < -0.4 is 0 Å². The first-order chi connectivity index (χ1) is 34.4. The Hall–Kier alpha value is -6.97. The van der Waals surface area contributed by atoms with Crippen molar-refractivity contribution in [1.82, 2.24) is 0 Å². The molecule has 0 heterocycles. The number of benzene rings is 4. The lowest BCUT2D eigenvalue weighted by molar-refractivity contribution is -0.198. The number of phenols is 2. The van der Waals surface area contributed by atoms with Gasteiger partial charge in [-0.15, -0.1) is 0 Å². The fourth-order valence-corrected chi connectivity index (χ4v) is 13.2. The summed E-state index contributed by atoms with van der Waals surface area (Å²) in [5.74, 6) is -3.31. The van der Waals surface area contributed by atoms with Crippen molar-refractivity contribution in [2.24, 2.45) is 66.8 Å². The highest BCUT2D eigenvalue weighted by atomic mass is 16.5. The molecule has 4 aliphatic carbocycles. The highest BCUT2D eigenvalue weighted by Gasteiger charge is 2.64. The van der Waals surface area contributed by atoms with Gasteiger partial charge in [-0.2, -0.15) is 20.5 Å². The van der Waals surface area contributed by atoms with Crippen LogP contribution in [-0.4, -0.2) is 67.6 Å². The molecule has 0 bridgehead atoms. The molecule has 9 unspecified atom stereocenters. The van der Waals surface area contributed by atoms with Gasteiger partial charge in [0.2, 0.25) is 0 Å². The van der Waals surface area contributed by atoms with Crippen LogP contribution in [0.5, 0.6) is 11.5 Å². The van der Waals surface area contributed by atoms with Crippen LogP contribution in [0.15, 0.2) is 105 Å². The first-order valence-electron chi connectivity index (χ1n) is 25.2. The van der Waals surface area contributed by atoms with Crippen LogP contribution in [0.1, 0.15) is 130 Å². The fourth-order valence-electron chi connectivity index (χ4n) is 13.2. The number of carbonyl (C=O) groups excluding carboxylic acids is 2. The fraction of sp³-hybridized carbons (Fsp3) is 0.482. The Balaban J connectivity index is 0.959. The smallest absolute Gasteiger partial charge is 0.339 e. The summed E-state index contributed by atoms with van der Waals surface area (Å²) in [5, 5.41) is 65.4. The quantitative estimate of drug-likeness (QED) is 0.0461. The first-order valence-corrected chi connectivity index (χ1v) is 25.2. The van der Waals surface area contributed by atoms with Gasteiger partial charge in [0.25, 0.3) is 0 Å². The Bertz CT molecular complexity index is 2760. The average Bonchev–Trinajstić information content (AvgIpc) is 3.71. The number of hydrogen-bond donors (Lipinski definition) is 5. The molecule has 72 heavy (non-hydrogen) atoms. The van der Waals surface area contributed by atoms with Crippen LogP contribution >= 0.6 is 0 Å². The van der Waals surface area contributed by atoms with Crippen LogP contribution in [-0.2, 0) is 36.7 Å². The number of aromatic carboxylic acids is 2. The summed E-state index contributed by atoms with van der Waals surface area (Å²) in [7, 11) is 0. The molecule has 380 valence electrons. The second kappa shape index (κ2) is 21.8. The zero-order chi connectivity index (χ0) is 51.3. The minimum Gasteiger partial charge on any atom is -0.507 e. The third-order valence-corrected chi connectivity index (χ3v) is 16.9. The van der Waals surface area contributed by atoms with Gasteiger partial charge in [-0.1, -0.05) is 57.2 Å². The molecular weight excluding hydrogens is 921 g/mol. The van der Waals surface area contributed by atoms with Crippen molar-refractivity contribution in [3.8, 4) is 11.5 Å². The second-order valence-corrected chi connectivity index (χ2v) is 21.0. The molecule has 10 atom stereocenters. The van der Waals surface area contributed by atoms with Gasteiger partial charge in [0.1, 0.15) is 34.8 Å². The maximum atomic E-state index is 14.2. The number of carbonyl (C=O) groups is 5. The van der Waals surface area contributed by atoms with Gasteiger partial charge in [0.05, 0.1) is 22.7 Å². The van der Waals surface area contributed by atoms with Crippen molar-refractivity contribution in [1.29, 1.82) is 0 Å². The molecule has 16 nitrogen and oxygen atoms in total. The molecule has 4 aliphatic rings. The lowest BCUT2D eigenvalue weighted by atomic mass is 9.43. The number of nitrogens with zero attached hydrogens (tertiary/aromatic N) is 4. The molecule has 4 saturated carbocycles. The van der Waals surface area contributed by atoms with Gasteiger partial charge < -0.3 is 35.0 Å². The van der Waals surface area contributed by atoms with Gasteiger partial charge >= 0.3 is 29.8 Å². The molecule has 0 aliphatic heterocycles. The number of carboxylic acid groups (broad SMARTS) is 3. The van der Waals surface area contributed by atoms with Gasteiger partial charge in [0.15, 0.2) is 0 Å². The summed E-state index contributed by atoms with van der Waals surface area (Å²) < 4.78 is 12.9. The molecule has 8 rings (SSSR count). The van der Waals surface area contributed by atoms with Crippen LogP contribution in [0.3, 0.4) is 0 Å². The zero-order valence-electron chi connectivity index (χ0n) is 41.0. The summed E-state index contributed by atoms with van der Waals surface area (Å²) >= 11 is 0. The van der Waals surface area contributed by atoms with Crippen molar-refractivity contribution in [3.63, 3.8) is 0 Å². The number of rotatable bonds is 18. The number of carboxylic acids is 3. The number of aryl methyl sites for hydroxylation is 2. The highest BCUT2D eigenvalue weighted by molar-refractivity contribution is 5.92. The van der Waals surface area contributed by atoms with E-state index in [0.717, 1.165) is 49.7 Å². The van der Waals surface area contributed by atoms with E-state index in [-0.39, 0.29) is 112 Å². The minimum absolute atomic E-state index is 0.0260. The van der Waals surface area contributed by atoms with Crippen molar-refractivity contribution < 1.29 is 59.0 Å². The van der Waals surface area contributed by atoms with Crippen molar-refractivity contribution in [2.45, 2.75) is 123 Å². The molecule has 0 amide bonds. The Labute approximate surface area is 418 Å².